The highest BCUT2D eigenvalue weighted by molar-refractivity contribution is 5.82. The molecule has 0 aromatic rings. The van der Waals surface area contributed by atoms with E-state index in [4.69, 9.17) is 5.11 Å². The zero-order valence-electron chi connectivity index (χ0n) is 13.0. The van der Waals surface area contributed by atoms with Crippen LogP contribution in [0.15, 0.2) is 0 Å². The van der Waals surface area contributed by atoms with Crippen molar-refractivity contribution in [1.29, 1.82) is 0 Å². The summed E-state index contributed by atoms with van der Waals surface area (Å²) in [5, 5.41) is 11.7. The van der Waals surface area contributed by atoms with Gasteiger partial charge in [-0.2, -0.15) is 0 Å². The topological polar surface area (TPSA) is 72.9 Å². The Hall–Kier alpha value is -1.30. The molecule has 1 atom stereocenters. The first-order chi connectivity index (χ1) is 9.32. The summed E-state index contributed by atoms with van der Waals surface area (Å²) in [4.78, 5) is 26.9. The molecule has 116 valence electrons. The fraction of sp³-hybridized carbons (Fsp3) is 0.857. The van der Waals surface area contributed by atoms with Crippen molar-refractivity contribution in [3.05, 3.63) is 0 Å². The minimum Gasteiger partial charge on any atom is -0.480 e. The Morgan fingerprint density at radius 2 is 1.90 bits per heavy atom. The summed E-state index contributed by atoms with van der Waals surface area (Å²) in [6.45, 7) is 2.53. The number of aliphatic carboxylic acids is 1. The smallest absolute Gasteiger partial charge is 0.326 e. The highest BCUT2D eigenvalue weighted by Crippen LogP contribution is 2.36. The maximum absolute atomic E-state index is 12.1. The Labute approximate surface area is 121 Å². The third kappa shape index (κ3) is 3.85. The van der Waals surface area contributed by atoms with E-state index in [0.717, 1.165) is 19.3 Å². The molecule has 0 aromatic heterocycles. The van der Waals surface area contributed by atoms with Gasteiger partial charge in [0.25, 0.3) is 0 Å². The Kier molecular flexibility index (Phi) is 5.80. The molecule has 6 heteroatoms. The second-order valence-electron chi connectivity index (χ2n) is 5.96. The number of rotatable bonds is 7. The van der Waals surface area contributed by atoms with Crippen molar-refractivity contribution in [1.82, 2.24) is 15.1 Å². The molecule has 6 nitrogen and oxygen atoms in total. The van der Waals surface area contributed by atoms with Gasteiger partial charge in [0.1, 0.15) is 6.04 Å². The molecule has 0 heterocycles. The molecular weight excluding hydrogens is 258 g/mol. The van der Waals surface area contributed by atoms with Crippen molar-refractivity contribution >= 4 is 12.0 Å². The molecule has 1 aliphatic rings. The standard InChI is InChI=1S/C14H27N3O3/c1-5-7-11(12(18)19)15-13(20)17(4)10-14(16(2)3)8-6-9-14/h11H,5-10H2,1-4H3,(H,15,20)(H,18,19)/t11-/m1/s1. The van der Waals surface area contributed by atoms with E-state index in [2.05, 4.69) is 10.2 Å². The van der Waals surface area contributed by atoms with E-state index in [1.54, 1.807) is 11.9 Å². The van der Waals surface area contributed by atoms with Gasteiger partial charge in [0, 0.05) is 19.1 Å². The molecule has 2 N–H and O–H groups in total. The first kappa shape index (κ1) is 16.8. The predicted molar refractivity (Wildman–Crippen MR) is 77.8 cm³/mol. The number of carbonyl (C=O) groups excluding carboxylic acids is 1. The van der Waals surface area contributed by atoms with E-state index in [1.807, 2.05) is 21.0 Å². The number of nitrogens with one attached hydrogen (secondary N) is 1. The third-order valence-corrected chi connectivity index (χ3v) is 4.28. The molecule has 20 heavy (non-hydrogen) atoms. The van der Waals surface area contributed by atoms with Crippen LogP contribution in [0.4, 0.5) is 4.79 Å². The highest BCUT2D eigenvalue weighted by Gasteiger charge is 2.40. The van der Waals surface area contributed by atoms with Crippen molar-refractivity contribution in [2.45, 2.75) is 50.6 Å². The summed E-state index contributed by atoms with van der Waals surface area (Å²) >= 11 is 0. The molecule has 0 aliphatic heterocycles. The minimum absolute atomic E-state index is 0.0512. The van der Waals surface area contributed by atoms with E-state index >= 15 is 0 Å². The van der Waals surface area contributed by atoms with Crippen LogP contribution in [0.2, 0.25) is 0 Å². The van der Waals surface area contributed by atoms with E-state index in [-0.39, 0.29) is 11.6 Å². The molecule has 2 amide bonds. The van der Waals surface area contributed by atoms with Gasteiger partial charge in [-0.15, -0.1) is 0 Å². The largest absolute Gasteiger partial charge is 0.480 e. The number of hydrogen-bond acceptors (Lipinski definition) is 3. The lowest BCUT2D eigenvalue weighted by molar-refractivity contribution is -0.139. The summed E-state index contributed by atoms with van der Waals surface area (Å²) in [6, 6.07) is -1.11. The predicted octanol–water partition coefficient (Wildman–Crippen LogP) is 1.37. The van der Waals surface area contributed by atoms with Gasteiger partial charge in [0.2, 0.25) is 0 Å². The van der Waals surface area contributed by atoms with E-state index in [9.17, 15) is 9.59 Å². The number of carboxylic acids is 1. The van der Waals surface area contributed by atoms with Gasteiger partial charge in [-0.25, -0.2) is 9.59 Å². The van der Waals surface area contributed by atoms with Crippen molar-refractivity contribution < 1.29 is 14.7 Å². The molecule has 0 aromatic carbocycles. The quantitative estimate of drug-likeness (QED) is 0.741. The van der Waals surface area contributed by atoms with Gasteiger partial charge in [-0.05, 0) is 39.8 Å². The van der Waals surface area contributed by atoms with Crippen LogP contribution in [-0.4, -0.2) is 66.2 Å². The van der Waals surface area contributed by atoms with Gasteiger partial charge in [0.15, 0.2) is 0 Å². The average Bonchev–Trinajstić information content (AvgIpc) is 2.31. The SMILES string of the molecule is CCC[C@@H](NC(=O)N(C)CC1(N(C)C)CCC1)C(=O)O. The maximum Gasteiger partial charge on any atom is 0.326 e. The van der Waals surface area contributed by atoms with Crippen LogP contribution in [-0.2, 0) is 4.79 Å². The fourth-order valence-electron chi connectivity index (χ4n) is 2.65. The number of carbonyl (C=O) groups is 2. The summed E-state index contributed by atoms with van der Waals surface area (Å²) in [5.41, 5.74) is 0.0512. The molecule has 1 fully saturated rings. The van der Waals surface area contributed by atoms with E-state index in [0.29, 0.717) is 13.0 Å². The Balaban J connectivity index is 2.56. The molecule has 0 spiro atoms. The molecule has 0 saturated heterocycles. The number of hydrogen-bond donors (Lipinski definition) is 2. The Bertz CT molecular complexity index is 354. The van der Waals surface area contributed by atoms with Crippen LogP contribution >= 0.6 is 0 Å². The lowest BCUT2D eigenvalue weighted by Crippen LogP contribution is -2.59. The van der Waals surface area contributed by atoms with Gasteiger partial charge in [-0.3, -0.25) is 0 Å². The van der Waals surface area contributed by atoms with Crippen molar-refractivity contribution in [3.63, 3.8) is 0 Å². The van der Waals surface area contributed by atoms with Crippen LogP contribution in [0.3, 0.4) is 0 Å². The summed E-state index contributed by atoms with van der Waals surface area (Å²) < 4.78 is 0. The fourth-order valence-corrected chi connectivity index (χ4v) is 2.65. The maximum atomic E-state index is 12.1. The first-order valence-corrected chi connectivity index (χ1v) is 7.24. The number of nitrogens with zero attached hydrogens (tertiary/aromatic N) is 2. The summed E-state index contributed by atoms with van der Waals surface area (Å²) in [5.74, 6) is -0.973. The number of carboxylic acid groups (broad SMARTS) is 1. The number of urea groups is 1. The monoisotopic (exact) mass is 285 g/mol. The van der Waals surface area contributed by atoms with Gasteiger partial charge in [0.05, 0.1) is 0 Å². The van der Waals surface area contributed by atoms with Crippen LogP contribution in [0.25, 0.3) is 0 Å². The summed E-state index contributed by atoms with van der Waals surface area (Å²) in [7, 11) is 5.79. The highest BCUT2D eigenvalue weighted by atomic mass is 16.4. The molecule has 0 radical (unpaired) electrons. The molecular formula is C14H27N3O3. The first-order valence-electron chi connectivity index (χ1n) is 7.24. The van der Waals surface area contributed by atoms with Crippen molar-refractivity contribution in [3.8, 4) is 0 Å². The minimum atomic E-state index is -0.973. The molecule has 0 unspecified atom stereocenters. The normalized spacial score (nSPS) is 18.2. The molecule has 1 saturated carbocycles. The van der Waals surface area contributed by atoms with Crippen LogP contribution in [0.5, 0.6) is 0 Å². The van der Waals surface area contributed by atoms with Gasteiger partial charge >= 0.3 is 12.0 Å². The summed E-state index contributed by atoms with van der Waals surface area (Å²) in [6.07, 6.45) is 4.52. The van der Waals surface area contributed by atoms with Crippen molar-refractivity contribution in [2.75, 3.05) is 27.7 Å². The molecule has 1 aliphatic carbocycles. The number of likely N-dealkylation sites (N-methyl/N-ethyl adjacent to an activating group) is 2. The second kappa shape index (κ2) is 6.92. The lowest BCUT2D eigenvalue weighted by Gasteiger charge is -2.49. The lowest BCUT2D eigenvalue weighted by atomic mass is 9.75. The zero-order valence-corrected chi connectivity index (χ0v) is 13.0. The van der Waals surface area contributed by atoms with Gasteiger partial charge < -0.3 is 20.2 Å². The molecule has 0 bridgehead atoms. The Morgan fingerprint density at radius 1 is 1.30 bits per heavy atom. The van der Waals surface area contributed by atoms with Crippen LogP contribution < -0.4 is 5.32 Å². The van der Waals surface area contributed by atoms with Crippen LogP contribution in [0.1, 0.15) is 39.0 Å². The second-order valence-corrected chi connectivity index (χ2v) is 5.96. The zero-order chi connectivity index (χ0) is 15.3. The van der Waals surface area contributed by atoms with E-state index in [1.165, 1.54) is 6.42 Å². The number of amides is 2. The average molecular weight is 285 g/mol. The van der Waals surface area contributed by atoms with E-state index < -0.39 is 12.0 Å². The van der Waals surface area contributed by atoms with Gasteiger partial charge in [-0.1, -0.05) is 13.3 Å². The third-order valence-electron chi connectivity index (χ3n) is 4.28. The Morgan fingerprint density at radius 3 is 2.25 bits per heavy atom. The van der Waals surface area contributed by atoms with Crippen LogP contribution in [0, 0.1) is 0 Å². The molecule has 1 rings (SSSR count). The van der Waals surface area contributed by atoms with Crippen molar-refractivity contribution in [2.24, 2.45) is 0 Å².